The largest absolute Gasteiger partial charge is 0.457 e. The van der Waals surface area contributed by atoms with Crippen LogP contribution in [0, 0.1) is 6.92 Å². The fourth-order valence-electron chi connectivity index (χ4n) is 5.24. The molecular formula is C33H32N6O5. The summed E-state index contributed by atoms with van der Waals surface area (Å²) in [5, 5.41) is 5.16. The number of benzene rings is 3. The molecule has 1 aliphatic heterocycles. The van der Waals surface area contributed by atoms with E-state index in [0.29, 0.717) is 60.3 Å². The van der Waals surface area contributed by atoms with E-state index >= 15 is 0 Å². The molecule has 11 heteroatoms. The number of fused-ring (bicyclic) bond motifs is 1. The number of H-pyrrole nitrogens is 1. The molecule has 3 aromatic carbocycles. The molecular weight excluding hydrogens is 560 g/mol. The van der Waals surface area contributed by atoms with Gasteiger partial charge in [-0.2, -0.15) is 5.10 Å². The third kappa shape index (κ3) is 5.40. The van der Waals surface area contributed by atoms with Crippen LogP contribution in [0.2, 0.25) is 0 Å². The summed E-state index contributed by atoms with van der Waals surface area (Å²) >= 11 is 0. The smallest absolute Gasteiger partial charge is 0.257 e. The number of nitrogens with two attached hydrogens (primary N) is 1. The molecule has 0 atom stereocenters. The Morgan fingerprint density at radius 3 is 2.50 bits per heavy atom. The molecule has 0 saturated carbocycles. The average molecular weight is 593 g/mol. The molecule has 0 unspecified atom stereocenters. The summed E-state index contributed by atoms with van der Waals surface area (Å²) in [4.78, 5) is 45.5. The number of aromatic amines is 1. The van der Waals surface area contributed by atoms with Gasteiger partial charge in [0.25, 0.3) is 11.8 Å². The molecule has 44 heavy (non-hydrogen) atoms. The van der Waals surface area contributed by atoms with Crippen molar-refractivity contribution in [2.75, 3.05) is 46.1 Å². The number of nitrogens with zero attached hydrogens (tertiary/aromatic N) is 4. The highest BCUT2D eigenvalue weighted by Gasteiger charge is 2.23. The third-order valence-corrected chi connectivity index (χ3v) is 7.61. The monoisotopic (exact) mass is 592 g/mol. The zero-order chi connectivity index (χ0) is 31.0. The lowest BCUT2D eigenvalue weighted by Gasteiger charge is -2.26. The number of ketones is 1. The maximum atomic E-state index is 13.5. The molecule has 1 fully saturated rings. The van der Waals surface area contributed by atoms with Crippen LogP contribution in [-0.2, 0) is 4.74 Å². The van der Waals surface area contributed by atoms with E-state index in [0.717, 1.165) is 16.5 Å². The Bertz CT molecular complexity index is 1900. The quantitative estimate of drug-likeness (QED) is 0.267. The maximum Gasteiger partial charge on any atom is 0.257 e. The Kier molecular flexibility index (Phi) is 7.62. The summed E-state index contributed by atoms with van der Waals surface area (Å²) in [6.45, 7) is 4.04. The van der Waals surface area contributed by atoms with Gasteiger partial charge in [0.2, 0.25) is 5.78 Å². The van der Waals surface area contributed by atoms with Crippen LogP contribution in [0.5, 0.6) is 11.5 Å². The van der Waals surface area contributed by atoms with Crippen molar-refractivity contribution in [2.24, 2.45) is 0 Å². The minimum absolute atomic E-state index is 0.0622. The van der Waals surface area contributed by atoms with Crippen molar-refractivity contribution < 1.29 is 23.9 Å². The second kappa shape index (κ2) is 11.7. The average Bonchev–Trinajstić information content (AvgIpc) is 3.64. The van der Waals surface area contributed by atoms with Crippen molar-refractivity contribution in [3.05, 3.63) is 101 Å². The van der Waals surface area contributed by atoms with E-state index in [2.05, 4.69) is 10.1 Å². The van der Waals surface area contributed by atoms with Gasteiger partial charge in [-0.25, -0.2) is 4.68 Å². The van der Waals surface area contributed by atoms with E-state index in [-0.39, 0.29) is 29.0 Å². The van der Waals surface area contributed by atoms with Gasteiger partial charge in [-0.15, -0.1) is 0 Å². The molecule has 0 aliphatic carbocycles. The van der Waals surface area contributed by atoms with Gasteiger partial charge in [0, 0.05) is 43.7 Å². The lowest BCUT2D eigenvalue weighted by Crippen LogP contribution is -2.40. The fraction of sp³-hybridized carbons (Fsp3) is 0.212. The molecule has 6 rings (SSSR count). The molecule has 0 radical (unpaired) electrons. The Morgan fingerprint density at radius 1 is 0.977 bits per heavy atom. The van der Waals surface area contributed by atoms with E-state index in [4.69, 9.17) is 15.2 Å². The first-order valence-electron chi connectivity index (χ1n) is 14.2. The molecule has 224 valence electrons. The van der Waals surface area contributed by atoms with Crippen molar-refractivity contribution >= 4 is 34.3 Å². The van der Waals surface area contributed by atoms with Gasteiger partial charge in [0.15, 0.2) is 0 Å². The molecule has 3 N–H and O–H groups in total. The second-order valence-corrected chi connectivity index (χ2v) is 10.8. The lowest BCUT2D eigenvalue weighted by atomic mass is 10.1. The normalized spacial score (nSPS) is 13.2. The molecule has 11 nitrogen and oxygen atoms in total. The summed E-state index contributed by atoms with van der Waals surface area (Å²) < 4.78 is 12.9. The van der Waals surface area contributed by atoms with Crippen molar-refractivity contribution in [1.29, 1.82) is 0 Å². The highest BCUT2D eigenvalue weighted by molar-refractivity contribution is 6.13. The highest BCUT2D eigenvalue weighted by Crippen LogP contribution is 2.30. The number of hydrogen-bond donors (Lipinski definition) is 2. The number of amides is 2. The molecule has 0 spiro atoms. The molecule has 2 amide bonds. The third-order valence-electron chi connectivity index (χ3n) is 7.61. The van der Waals surface area contributed by atoms with Crippen LogP contribution >= 0.6 is 0 Å². The molecule has 5 aromatic rings. The predicted octanol–water partition coefficient (Wildman–Crippen LogP) is 4.44. The van der Waals surface area contributed by atoms with Gasteiger partial charge in [-0.3, -0.25) is 14.4 Å². The number of hydrogen-bond acceptors (Lipinski definition) is 7. The van der Waals surface area contributed by atoms with Crippen molar-refractivity contribution in [3.63, 3.8) is 0 Å². The van der Waals surface area contributed by atoms with E-state index in [1.165, 1.54) is 15.8 Å². The summed E-state index contributed by atoms with van der Waals surface area (Å²) in [7, 11) is 3.38. The Labute approximate surface area is 253 Å². The molecule has 3 heterocycles. The topological polar surface area (TPSA) is 136 Å². The summed E-state index contributed by atoms with van der Waals surface area (Å²) in [5.41, 5.74) is 10.3. The molecule has 2 aromatic heterocycles. The summed E-state index contributed by atoms with van der Waals surface area (Å²) in [5.74, 6) is 0.638. The number of aromatic nitrogens is 3. The standard InChI is InChI=1S/C33H32N6O5/c1-20-16-23(44-29-7-5-4-6-24(29)33(42)37(2)3)9-11-28(20)39-31(34)25(19-35-39)30(40)27-18-22-17-21(8-10-26(22)36-27)32(41)38-12-14-43-15-13-38/h4-11,16-19,36H,12-15,34H2,1-3H3. The number of carbonyl (C=O) groups excluding carboxylic acids is 3. The van der Waals surface area contributed by atoms with Crippen LogP contribution in [0.4, 0.5) is 5.82 Å². The number of rotatable bonds is 7. The molecule has 1 saturated heterocycles. The zero-order valence-electron chi connectivity index (χ0n) is 24.7. The van der Waals surface area contributed by atoms with Gasteiger partial charge < -0.3 is 30.0 Å². The van der Waals surface area contributed by atoms with Crippen LogP contribution < -0.4 is 10.5 Å². The van der Waals surface area contributed by atoms with E-state index in [1.54, 1.807) is 73.6 Å². The van der Waals surface area contributed by atoms with E-state index < -0.39 is 0 Å². The second-order valence-electron chi connectivity index (χ2n) is 10.8. The van der Waals surface area contributed by atoms with Gasteiger partial charge in [-0.05, 0) is 67.1 Å². The summed E-state index contributed by atoms with van der Waals surface area (Å²) in [6.07, 6.45) is 1.45. The summed E-state index contributed by atoms with van der Waals surface area (Å²) in [6, 6.07) is 19.5. The lowest BCUT2D eigenvalue weighted by molar-refractivity contribution is 0.0303. The number of anilines is 1. The van der Waals surface area contributed by atoms with Crippen LogP contribution in [0.3, 0.4) is 0 Å². The van der Waals surface area contributed by atoms with E-state index in [1.807, 2.05) is 19.1 Å². The Balaban J connectivity index is 1.22. The number of ether oxygens (including phenoxy) is 2. The minimum Gasteiger partial charge on any atom is -0.457 e. The van der Waals surface area contributed by atoms with Crippen LogP contribution in [-0.4, -0.2) is 82.6 Å². The minimum atomic E-state index is -0.314. The van der Waals surface area contributed by atoms with Crippen molar-refractivity contribution in [3.8, 4) is 17.2 Å². The maximum absolute atomic E-state index is 13.5. The molecule has 0 bridgehead atoms. The van der Waals surface area contributed by atoms with Crippen LogP contribution in [0.15, 0.2) is 72.9 Å². The van der Waals surface area contributed by atoms with Crippen LogP contribution in [0.1, 0.15) is 42.3 Å². The Morgan fingerprint density at radius 2 is 1.75 bits per heavy atom. The molecule has 1 aliphatic rings. The van der Waals surface area contributed by atoms with Gasteiger partial charge in [-0.1, -0.05) is 12.1 Å². The van der Waals surface area contributed by atoms with Gasteiger partial charge in [0.1, 0.15) is 17.3 Å². The van der Waals surface area contributed by atoms with E-state index in [9.17, 15) is 14.4 Å². The number of nitrogen functional groups attached to an aromatic ring is 1. The SMILES string of the molecule is Cc1cc(Oc2ccccc2C(=O)N(C)C)ccc1-n1ncc(C(=O)c2cc3cc(C(=O)N4CCOCC4)ccc3[nH]2)c1N. The predicted molar refractivity (Wildman–Crippen MR) is 166 cm³/mol. The van der Waals surface area contributed by atoms with Crippen LogP contribution in [0.25, 0.3) is 16.6 Å². The first-order valence-corrected chi connectivity index (χ1v) is 14.2. The number of para-hydroxylation sites is 1. The van der Waals surface area contributed by atoms with Crippen molar-refractivity contribution in [1.82, 2.24) is 24.6 Å². The van der Waals surface area contributed by atoms with Gasteiger partial charge >= 0.3 is 0 Å². The number of aryl methyl sites for hydroxylation is 1. The number of morpholine rings is 1. The Hall–Kier alpha value is -5.42. The van der Waals surface area contributed by atoms with Gasteiger partial charge in [0.05, 0.1) is 41.9 Å². The first-order chi connectivity index (χ1) is 21.2. The fourth-order valence-corrected chi connectivity index (χ4v) is 5.24. The zero-order valence-corrected chi connectivity index (χ0v) is 24.7. The highest BCUT2D eigenvalue weighted by atomic mass is 16.5. The van der Waals surface area contributed by atoms with Crippen molar-refractivity contribution in [2.45, 2.75) is 6.92 Å². The number of carbonyl (C=O) groups is 3. The first kappa shape index (κ1) is 28.7. The number of nitrogens with one attached hydrogen (secondary N) is 1.